The fraction of sp³-hybridized carbons (Fsp3) is 0.200. The van der Waals surface area contributed by atoms with E-state index in [0.717, 1.165) is 10.7 Å². The Morgan fingerprint density at radius 1 is 1.45 bits per heavy atom. The third-order valence-electron chi connectivity index (χ3n) is 3.01. The van der Waals surface area contributed by atoms with Crippen molar-refractivity contribution in [3.8, 4) is 5.75 Å². The minimum Gasteiger partial charge on any atom is -0.484 e. The highest BCUT2D eigenvalue weighted by atomic mass is 32.1. The molecule has 0 aliphatic heterocycles. The van der Waals surface area contributed by atoms with E-state index in [9.17, 15) is 9.18 Å². The zero-order chi connectivity index (χ0) is 15.4. The van der Waals surface area contributed by atoms with Gasteiger partial charge in [-0.3, -0.25) is 9.20 Å². The summed E-state index contributed by atoms with van der Waals surface area (Å²) in [5.74, 6) is -0.299. The van der Waals surface area contributed by atoms with E-state index < -0.39 is 5.82 Å². The maximum absolute atomic E-state index is 13.0. The Kier molecular flexibility index (Phi) is 4.34. The van der Waals surface area contributed by atoms with E-state index in [2.05, 4.69) is 10.3 Å². The Morgan fingerprint density at radius 2 is 2.36 bits per heavy atom. The molecule has 0 unspecified atom stereocenters. The van der Waals surface area contributed by atoms with Gasteiger partial charge in [-0.05, 0) is 12.1 Å². The first-order valence-electron chi connectivity index (χ1n) is 6.77. The molecule has 0 aliphatic carbocycles. The van der Waals surface area contributed by atoms with Gasteiger partial charge >= 0.3 is 0 Å². The van der Waals surface area contributed by atoms with Crippen LogP contribution in [0, 0.1) is 5.82 Å². The number of ether oxygens (including phenoxy) is 1. The number of hydrogen-bond acceptors (Lipinski definition) is 4. The highest BCUT2D eigenvalue weighted by Gasteiger charge is 2.05. The van der Waals surface area contributed by atoms with Gasteiger partial charge in [0.25, 0.3) is 5.91 Å². The van der Waals surface area contributed by atoms with Crippen LogP contribution in [0.2, 0.25) is 0 Å². The van der Waals surface area contributed by atoms with Crippen molar-refractivity contribution >= 4 is 22.2 Å². The maximum Gasteiger partial charge on any atom is 0.257 e. The molecule has 0 bridgehead atoms. The van der Waals surface area contributed by atoms with Crippen molar-refractivity contribution in [2.24, 2.45) is 0 Å². The van der Waals surface area contributed by atoms with Gasteiger partial charge in [-0.15, -0.1) is 11.3 Å². The molecule has 0 spiro atoms. The van der Waals surface area contributed by atoms with Gasteiger partial charge in [0.05, 0.1) is 5.69 Å². The molecule has 0 aliphatic rings. The first-order valence-corrected chi connectivity index (χ1v) is 7.65. The summed E-state index contributed by atoms with van der Waals surface area (Å²) in [6.07, 6.45) is 4.54. The molecule has 0 radical (unpaired) electrons. The number of imidazole rings is 1. The van der Waals surface area contributed by atoms with E-state index in [1.807, 2.05) is 22.2 Å². The van der Waals surface area contributed by atoms with Gasteiger partial charge in [-0.25, -0.2) is 9.37 Å². The summed E-state index contributed by atoms with van der Waals surface area (Å²) in [4.78, 5) is 17.0. The maximum atomic E-state index is 13.0. The molecule has 5 nitrogen and oxygen atoms in total. The number of amides is 1. The number of benzene rings is 1. The van der Waals surface area contributed by atoms with Gasteiger partial charge in [0.1, 0.15) is 11.6 Å². The molecule has 3 aromatic rings. The summed E-state index contributed by atoms with van der Waals surface area (Å²) in [7, 11) is 0. The van der Waals surface area contributed by atoms with Crippen molar-refractivity contribution in [3.63, 3.8) is 0 Å². The molecule has 0 saturated carbocycles. The molecule has 22 heavy (non-hydrogen) atoms. The van der Waals surface area contributed by atoms with Crippen molar-refractivity contribution < 1.29 is 13.9 Å². The third kappa shape index (κ3) is 3.62. The molecular weight excluding hydrogens is 305 g/mol. The zero-order valence-electron chi connectivity index (χ0n) is 11.7. The number of nitrogens with zero attached hydrogens (tertiary/aromatic N) is 2. The molecule has 0 saturated heterocycles. The number of hydrogen-bond donors (Lipinski definition) is 1. The van der Waals surface area contributed by atoms with Crippen LogP contribution in [0.1, 0.15) is 5.69 Å². The first-order chi connectivity index (χ1) is 10.7. The van der Waals surface area contributed by atoms with E-state index in [-0.39, 0.29) is 12.5 Å². The van der Waals surface area contributed by atoms with Crippen LogP contribution in [0.4, 0.5) is 4.39 Å². The summed E-state index contributed by atoms with van der Waals surface area (Å²) in [5.41, 5.74) is 0.929. The van der Waals surface area contributed by atoms with Crippen molar-refractivity contribution in [3.05, 3.63) is 53.6 Å². The van der Waals surface area contributed by atoms with Gasteiger partial charge in [0.2, 0.25) is 0 Å². The molecule has 1 amide bonds. The Hall–Kier alpha value is -2.41. The van der Waals surface area contributed by atoms with Crippen LogP contribution in [0.3, 0.4) is 0 Å². The second-order valence-electron chi connectivity index (χ2n) is 4.67. The summed E-state index contributed by atoms with van der Waals surface area (Å²) < 4.78 is 20.1. The van der Waals surface area contributed by atoms with Crippen molar-refractivity contribution in [1.29, 1.82) is 0 Å². The van der Waals surface area contributed by atoms with Crippen molar-refractivity contribution in [2.45, 2.75) is 6.42 Å². The fourth-order valence-corrected chi connectivity index (χ4v) is 2.70. The van der Waals surface area contributed by atoms with Crippen LogP contribution in [0.25, 0.3) is 4.96 Å². The number of rotatable bonds is 6. The molecular formula is C15H14FN3O2S. The van der Waals surface area contributed by atoms with Crippen LogP contribution >= 0.6 is 11.3 Å². The molecule has 3 rings (SSSR count). The SMILES string of the molecule is O=C(COc1cccc(F)c1)NCCc1cn2ccsc2n1. The predicted octanol–water partition coefficient (Wildman–Crippen LogP) is 2.27. The van der Waals surface area contributed by atoms with E-state index in [1.165, 1.54) is 18.2 Å². The number of carbonyl (C=O) groups excluding carboxylic acids is 1. The average molecular weight is 319 g/mol. The average Bonchev–Trinajstić information content (AvgIpc) is 3.06. The Labute approximate surface area is 130 Å². The summed E-state index contributed by atoms with van der Waals surface area (Å²) in [5, 5.41) is 4.72. The van der Waals surface area contributed by atoms with E-state index >= 15 is 0 Å². The monoisotopic (exact) mass is 319 g/mol. The number of halogens is 1. The number of nitrogens with one attached hydrogen (secondary N) is 1. The van der Waals surface area contributed by atoms with Crippen molar-refractivity contribution in [2.75, 3.05) is 13.2 Å². The standard InChI is InChI=1S/C15H14FN3O2S/c16-11-2-1-3-13(8-11)21-10-14(20)17-5-4-12-9-19-6-7-22-15(19)18-12/h1-3,6-9H,4-5,10H2,(H,17,20). The Balaban J connectivity index is 1.41. The third-order valence-corrected chi connectivity index (χ3v) is 3.78. The predicted molar refractivity (Wildman–Crippen MR) is 81.7 cm³/mol. The highest BCUT2D eigenvalue weighted by Crippen LogP contribution is 2.12. The Morgan fingerprint density at radius 3 is 3.18 bits per heavy atom. The lowest BCUT2D eigenvalue weighted by Crippen LogP contribution is -2.30. The summed E-state index contributed by atoms with van der Waals surface area (Å²) >= 11 is 1.57. The minimum absolute atomic E-state index is 0.137. The lowest BCUT2D eigenvalue weighted by molar-refractivity contribution is -0.123. The largest absolute Gasteiger partial charge is 0.484 e. The van der Waals surface area contributed by atoms with Gasteiger partial charge in [-0.2, -0.15) is 0 Å². The lowest BCUT2D eigenvalue weighted by atomic mass is 10.3. The molecule has 1 aromatic carbocycles. The van der Waals surface area contributed by atoms with Gasteiger partial charge in [-0.1, -0.05) is 6.07 Å². The van der Waals surface area contributed by atoms with Crippen LogP contribution in [0.15, 0.2) is 42.0 Å². The number of fused-ring (bicyclic) bond motifs is 1. The minimum atomic E-state index is -0.391. The quantitative estimate of drug-likeness (QED) is 0.758. The second-order valence-corrected chi connectivity index (χ2v) is 5.54. The molecule has 2 aromatic heterocycles. The summed E-state index contributed by atoms with van der Waals surface area (Å²) in [6.45, 7) is 0.345. The normalized spacial score (nSPS) is 10.8. The number of aromatic nitrogens is 2. The van der Waals surface area contributed by atoms with Gasteiger partial charge in [0.15, 0.2) is 11.6 Å². The van der Waals surface area contributed by atoms with Crippen LogP contribution in [-0.4, -0.2) is 28.4 Å². The van der Waals surface area contributed by atoms with Crippen LogP contribution < -0.4 is 10.1 Å². The van der Waals surface area contributed by atoms with Gasteiger partial charge < -0.3 is 10.1 Å². The molecule has 0 atom stereocenters. The van der Waals surface area contributed by atoms with E-state index in [1.54, 1.807) is 17.4 Å². The van der Waals surface area contributed by atoms with Crippen molar-refractivity contribution in [1.82, 2.24) is 14.7 Å². The van der Waals surface area contributed by atoms with E-state index in [4.69, 9.17) is 4.74 Å². The number of thiazole rings is 1. The molecule has 0 fully saturated rings. The molecule has 114 valence electrons. The smallest absolute Gasteiger partial charge is 0.257 e. The van der Waals surface area contributed by atoms with Crippen LogP contribution in [0.5, 0.6) is 5.75 Å². The first kappa shape index (κ1) is 14.5. The molecule has 7 heteroatoms. The fourth-order valence-electron chi connectivity index (χ4n) is 1.98. The molecule has 1 N–H and O–H groups in total. The topological polar surface area (TPSA) is 55.6 Å². The highest BCUT2D eigenvalue weighted by molar-refractivity contribution is 7.15. The van der Waals surface area contributed by atoms with Gasteiger partial charge in [0, 0.05) is 36.8 Å². The molecule has 2 heterocycles. The van der Waals surface area contributed by atoms with Crippen LogP contribution in [-0.2, 0) is 11.2 Å². The zero-order valence-corrected chi connectivity index (χ0v) is 12.5. The second kappa shape index (κ2) is 6.57. The van der Waals surface area contributed by atoms with E-state index in [0.29, 0.717) is 18.7 Å². The number of carbonyl (C=O) groups is 1. The lowest BCUT2D eigenvalue weighted by Gasteiger charge is -2.06. The summed E-state index contributed by atoms with van der Waals surface area (Å²) in [6, 6.07) is 5.70. The Bertz CT molecular complexity index is 755.